The van der Waals surface area contributed by atoms with Gasteiger partial charge in [-0.3, -0.25) is 9.59 Å². The number of carbonyl (C=O) groups is 2. The first kappa shape index (κ1) is 14.7. The molecule has 1 aromatic rings. The number of anilines is 2. The van der Waals surface area contributed by atoms with Crippen molar-refractivity contribution in [2.45, 2.75) is 25.7 Å². The Balaban J connectivity index is 1.70. The Hall–Kier alpha value is -2.18. The minimum Gasteiger partial charge on any atom is -0.355 e. The molecule has 0 aromatic carbocycles. The van der Waals surface area contributed by atoms with Crippen molar-refractivity contribution in [1.29, 1.82) is 0 Å². The molecule has 0 radical (unpaired) electrons. The summed E-state index contributed by atoms with van der Waals surface area (Å²) < 4.78 is 0. The van der Waals surface area contributed by atoms with Crippen molar-refractivity contribution in [2.24, 2.45) is 5.92 Å². The van der Waals surface area contributed by atoms with Crippen LogP contribution >= 0.6 is 0 Å². The van der Waals surface area contributed by atoms with Crippen molar-refractivity contribution in [3.05, 3.63) is 12.5 Å². The van der Waals surface area contributed by atoms with Gasteiger partial charge in [0.2, 0.25) is 11.8 Å². The molecule has 0 saturated carbocycles. The van der Waals surface area contributed by atoms with Crippen molar-refractivity contribution in [3.63, 3.8) is 0 Å². The second-order valence-electron chi connectivity index (χ2n) is 5.95. The van der Waals surface area contributed by atoms with Gasteiger partial charge in [-0.05, 0) is 19.3 Å². The monoisotopic (exact) mass is 303 g/mol. The number of piperidine rings is 1. The lowest BCUT2D eigenvalue weighted by Crippen LogP contribution is -2.40. The van der Waals surface area contributed by atoms with E-state index in [0.29, 0.717) is 18.7 Å². The van der Waals surface area contributed by atoms with Crippen molar-refractivity contribution >= 4 is 23.3 Å². The quantitative estimate of drug-likeness (QED) is 0.897. The molecular formula is C15H21N5O2. The van der Waals surface area contributed by atoms with E-state index in [1.165, 1.54) is 6.33 Å². The van der Waals surface area contributed by atoms with E-state index in [-0.39, 0.29) is 24.2 Å². The molecule has 2 aliphatic heterocycles. The van der Waals surface area contributed by atoms with Crippen molar-refractivity contribution in [1.82, 2.24) is 14.9 Å². The Bertz CT molecular complexity index is 571. The maximum absolute atomic E-state index is 12.4. The number of carbonyl (C=O) groups excluding carboxylic acids is 2. The van der Waals surface area contributed by atoms with Crippen molar-refractivity contribution in [3.8, 4) is 0 Å². The minimum atomic E-state index is -0.268. The minimum absolute atomic E-state index is 0.0236. The molecule has 1 atom stereocenters. The van der Waals surface area contributed by atoms with Gasteiger partial charge >= 0.3 is 0 Å². The van der Waals surface area contributed by atoms with Crippen LogP contribution in [-0.2, 0) is 9.59 Å². The van der Waals surface area contributed by atoms with Crippen LogP contribution in [0.2, 0.25) is 0 Å². The van der Waals surface area contributed by atoms with E-state index in [9.17, 15) is 9.59 Å². The topological polar surface area (TPSA) is 78.4 Å². The summed E-state index contributed by atoms with van der Waals surface area (Å²) in [6.45, 7) is 2.53. The Labute approximate surface area is 129 Å². The number of amides is 2. The van der Waals surface area contributed by atoms with Crippen molar-refractivity contribution < 1.29 is 9.59 Å². The van der Waals surface area contributed by atoms with Crippen LogP contribution in [0.25, 0.3) is 0 Å². The highest BCUT2D eigenvalue weighted by Crippen LogP contribution is 2.27. The van der Waals surface area contributed by atoms with E-state index < -0.39 is 0 Å². The summed E-state index contributed by atoms with van der Waals surface area (Å²) in [6.07, 6.45) is 6.38. The number of nitrogens with one attached hydrogen (secondary N) is 1. The molecule has 1 unspecified atom stereocenters. The molecule has 2 fully saturated rings. The van der Waals surface area contributed by atoms with E-state index in [2.05, 4.69) is 20.2 Å². The number of aromatic nitrogens is 2. The van der Waals surface area contributed by atoms with Gasteiger partial charge in [0.05, 0.1) is 6.20 Å². The van der Waals surface area contributed by atoms with Crippen LogP contribution in [0.3, 0.4) is 0 Å². The van der Waals surface area contributed by atoms with E-state index in [1.54, 1.807) is 18.1 Å². The molecule has 7 heteroatoms. The van der Waals surface area contributed by atoms with Gasteiger partial charge in [-0.15, -0.1) is 0 Å². The SMILES string of the molecule is CN1CCC(C(=O)Nc2cncnc2N2CCCC2)CC1=O. The molecule has 0 bridgehead atoms. The lowest BCUT2D eigenvalue weighted by atomic mass is 9.95. The Morgan fingerprint density at radius 1 is 1.32 bits per heavy atom. The van der Waals surface area contributed by atoms with Crippen LogP contribution in [0.15, 0.2) is 12.5 Å². The van der Waals surface area contributed by atoms with Gasteiger partial charge in [-0.1, -0.05) is 0 Å². The predicted molar refractivity (Wildman–Crippen MR) is 82.5 cm³/mol. The number of likely N-dealkylation sites (tertiary alicyclic amines) is 1. The van der Waals surface area contributed by atoms with Crippen LogP contribution in [-0.4, -0.2) is 53.4 Å². The highest BCUT2D eigenvalue weighted by atomic mass is 16.2. The fourth-order valence-electron chi connectivity index (χ4n) is 2.99. The lowest BCUT2D eigenvalue weighted by molar-refractivity contribution is -0.137. The van der Waals surface area contributed by atoms with E-state index in [4.69, 9.17) is 0 Å². The standard InChI is InChI=1S/C15H21N5O2/c1-19-7-4-11(8-13(19)21)15(22)18-12-9-16-10-17-14(12)20-5-2-3-6-20/h9-11H,2-8H2,1H3,(H,18,22). The summed E-state index contributed by atoms with van der Waals surface area (Å²) in [6, 6.07) is 0. The van der Waals surface area contributed by atoms with Crippen LogP contribution in [0.1, 0.15) is 25.7 Å². The largest absolute Gasteiger partial charge is 0.355 e. The molecule has 22 heavy (non-hydrogen) atoms. The van der Waals surface area contributed by atoms with Gasteiger partial charge in [-0.25, -0.2) is 9.97 Å². The zero-order chi connectivity index (χ0) is 15.5. The maximum atomic E-state index is 12.4. The lowest BCUT2D eigenvalue weighted by Gasteiger charge is -2.28. The normalized spacial score (nSPS) is 22.0. The predicted octanol–water partition coefficient (Wildman–Crippen LogP) is 0.884. The molecule has 2 saturated heterocycles. The highest BCUT2D eigenvalue weighted by Gasteiger charge is 2.29. The molecule has 1 N–H and O–H groups in total. The Morgan fingerprint density at radius 2 is 2.09 bits per heavy atom. The summed E-state index contributed by atoms with van der Waals surface area (Å²) in [4.78, 5) is 36.3. The van der Waals surface area contributed by atoms with Gasteiger partial charge < -0.3 is 15.1 Å². The molecule has 2 amide bonds. The Kier molecular flexibility index (Phi) is 4.22. The summed E-state index contributed by atoms with van der Waals surface area (Å²) >= 11 is 0. The third-order valence-corrected chi connectivity index (χ3v) is 4.39. The molecule has 118 valence electrons. The first-order valence-electron chi connectivity index (χ1n) is 7.75. The Morgan fingerprint density at radius 3 is 2.82 bits per heavy atom. The average Bonchev–Trinajstić information content (AvgIpc) is 3.04. The third-order valence-electron chi connectivity index (χ3n) is 4.39. The van der Waals surface area contributed by atoms with E-state index in [0.717, 1.165) is 31.7 Å². The number of hydrogen-bond donors (Lipinski definition) is 1. The smallest absolute Gasteiger partial charge is 0.228 e. The molecule has 2 aliphatic rings. The molecular weight excluding hydrogens is 282 g/mol. The average molecular weight is 303 g/mol. The second-order valence-corrected chi connectivity index (χ2v) is 5.95. The van der Waals surface area contributed by atoms with E-state index >= 15 is 0 Å². The van der Waals surface area contributed by atoms with Gasteiger partial charge in [-0.2, -0.15) is 0 Å². The summed E-state index contributed by atoms with van der Waals surface area (Å²) in [5.41, 5.74) is 0.640. The fraction of sp³-hybridized carbons (Fsp3) is 0.600. The first-order valence-corrected chi connectivity index (χ1v) is 7.75. The van der Waals surface area contributed by atoms with Gasteiger partial charge in [0.1, 0.15) is 12.0 Å². The second kappa shape index (κ2) is 6.29. The molecule has 7 nitrogen and oxygen atoms in total. The van der Waals surface area contributed by atoms with Gasteiger partial charge in [0.25, 0.3) is 0 Å². The summed E-state index contributed by atoms with van der Waals surface area (Å²) in [5.74, 6) is 0.419. The van der Waals surface area contributed by atoms with E-state index in [1.807, 2.05) is 0 Å². The zero-order valence-electron chi connectivity index (χ0n) is 12.8. The van der Waals surface area contributed by atoms with Crippen LogP contribution in [0.4, 0.5) is 11.5 Å². The first-order chi connectivity index (χ1) is 10.6. The molecule has 0 spiro atoms. The van der Waals surface area contributed by atoms with Gasteiger partial charge in [0, 0.05) is 39.0 Å². The molecule has 1 aromatic heterocycles. The van der Waals surface area contributed by atoms with Crippen LogP contribution in [0, 0.1) is 5.92 Å². The summed E-state index contributed by atoms with van der Waals surface area (Å²) in [5, 5.41) is 2.92. The third kappa shape index (κ3) is 3.03. The number of rotatable bonds is 3. The highest BCUT2D eigenvalue weighted by molar-refractivity contribution is 5.97. The van der Waals surface area contributed by atoms with Crippen molar-refractivity contribution in [2.75, 3.05) is 36.9 Å². The van der Waals surface area contributed by atoms with Gasteiger partial charge in [0.15, 0.2) is 5.82 Å². The molecule has 3 rings (SSSR count). The molecule has 0 aliphatic carbocycles. The zero-order valence-corrected chi connectivity index (χ0v) is 12.8. The number of nitrogens with zero attached hydrogens (tertiary/aromatic N) is 4. The molecule has 3 heterocycles. The van der Waals surface area contributed by atoms with Crippen LogP contribution < -0.4 is 10.2 Å². The van der Waals surface area contributed by atoms with Crippen LogP contribution in [0.5, 0.6) is 0 Å². The summed E-state index contributed by atoms with van der Waals surface area (Å²) in [7, 11) is 1.77. The maximum Gasteiger partial charge on any atom is 0.228 e. The fourth-order valence-corrected chi connectivity index (χ4v) is 2.99. The number of hydrogen-bond acceptors (Lipinski definition) is 5.